The maximum atomic E-state index is 11.1. The lowest BCUT2D eigenvalue weighted by molar-refractivity contribution is -0.384. The van der Waals surface area contributed by atoms with Gasteiger partial charge in [-0.1, -0.05) is 60.7 Å². The molecule has 6 nitrogen and oxygen atoms in total. The molecule has 0 radical (unpaired) electrons. The Hall–Kier alpha value is -4.45. The van der Waals surface area contributed by atoms with E-state index in [1.54, 1.807) is 12.1 Å². The average molecular weight is 437 g/mol. The minimum absolute atomic E-state index is 0.000326. The highest BCUT2D eigenvalue weighted by Gasteiger charge is 2.24. The van der Waals surface area contributed by atoms with E-state index >= 15 is 0 Å². The second-order valence-electron chi connectivity index (χ2n) is 7.62. The maximum absolute atomic E-state index is 11.1. The van der Waals surface area contributed by atoms with Crippen molar-refractivity contribution in [2.45, 2.75) is 13.0 Å². The second-order valence-corrected chi connectivity index (χ2v) is 7.62. The molecule has 6 heteroatoms. The van der Waals surface area contributed by atoms with Gasteiger partial charge in [-0.25, -0.2) is 0 Å². The Morgan fingerprint density at radius 2 is 1.42 bits per heavy atom. The molecule has 0 saturated carbocycles. The van der Waals surface area contributed by atoms with Crippen molar-refractivity contribution in [2.75, 3.05) is 10.2 Å². The molecule has 0 heterocycles. The van der Waals surface area contributed by atoms with Crippen molar-refractivity contribution in [3.63, 3.8) is 0 Å². The van der Waals surface area contributed by atoms with Crippen LogP contribution in [0.25, 0.3) is 0 Å². The van der Waals surface area contributed by atoms with E-state index in [0.717, 1.165) is 22.6 Å². The number of amidine groups is 1. The van der Waals surface area contributed by atoms with Crippen LogP contribution in [0.4, 0.5) is 22.7 Å². The third-order valence-corrected chi connectivity index (χ3v) is 5.48. The van der Waals surface area contributed by atoms with Crippen LogP contribution in [0.2, 0.25) is 0 Å². The molecule has 0 aliphatic heterocycles. The summed E-state index contributed by atoms with van der Waals surface area (Å²) in [7, 11) is 0. The summed E-state index contributed by atoms with van der Waals surface area (Å²) in [6, 6.07) is 33.7. The number of nitrogens with one attached hydrogen (secondary N) is 2. The summed E-state index contributed by atoms with van der Waals surface area (Å²) in [4.78, 5) is 12.6. The molecule has 0 aromatic heterocycles. The number of anilines is 3. The van der Waals surface area contributed by atoms with Crippen LogP contribution in [0.15, 0.2) is 109 Å². The molecule has 164 valence electrons. The number of benzene rings is 4. The van der Waals surface area contributed by atoms with Crippen LogP contribution in [-0.4, -0.2) is 10.8 Å². The van der Waals surface area contributed by atoms with E-state index in [0.29, 0.717) is 5.56 Å². The Labute approximate surface area is 192 Å². The van der Waals surface area contributed by atoms with Gasteiger partial charge in [0.15, 0.2) is 0 Å². The van der Waals surface area contributed by atoms with Gasteiger partial charge in [0.25, 0.3) is 5.69 Å². The normalized spacial score (nSPS) is 11.4. The predicted molar refractivity (Wildman–Crippen MR) is 133 cm³/mol. The Kier molecular flexibility index (Phi) is 6.45. The summed E-state index contributed by atoms with van der Waals surface area (Å²) in [5.74, 6) is 0.253. The molecule has 1 atom stereocenters. The molecule has 0 spiro atoms. The average Bonchev–Trinajstić information content (AvgIpc) is 2.86. The minimum atomic E-state index is -0.434. The van der Waals surface area contributed by atoms with Crippen LogP contribution in [-0.2, 0) is 0 Å². The fourth-order valence-electron chi connectivity index (χ4n) is 3.75. The van der Waals surface area contributed by atoms with Gasteiger partial charge in [-0.15, -0.1) is 0 Å². The Balaban J connectivity index is 1.78. The number of para-hydroxylation sites is 3. The molecule has 4 aromatic carbocycles. The largest absolute Gasteiger partial charge is 0.354 e. The molecular weight excluding hydrogens is 412 g/mol. The summed E-state index contributed by atoms with van der Waals surface area (Å²) in [6.45, 7) is 2.05. The highest BCUT2D eigenvalue weighted by Crippen LogP contribution is 2.36. The summed E-state index contributed by atoms with van der Waals surface area (Å²) >= 11 is 0. The van der Waals surface area contributed by atoms with Gasteiger partial charge in [0.2, 0.25) is 0 Å². The molecule has 0 bridgehead atoms. The molecule has 0 saturated heterocycles. The van der Waals surface area contributed by atoms with Crippen molar-refractivity contribution < 1.29 is 4.92 Å². The van der Waals surface area contributed by atoms with Gasteiger partial charge in [0.05, 0.1) is 22.3 Å². The molecule has 0 aliphatic rings. The number of nitrogens with zero attached hydrogens (tertiary/aromatic N) is 2. The van der Waals surface area contributed by atoms with E-state index in [4.69, 9.17) is 5.41 Å². The Bertz CT molecular complexity index is 1240. The Morgan fingerprint density at radius 3 is 2.06 bits per heavy atom. The fraction of sp³-hybridized carbons (Fsp3) is 0.0741. The summed E-state index contributed by atoms with van der Waals surface area (Å²) in [6.07, 6.45) is 0. The first-order chi connectivity index (χ1) is 16.0. The summed E-state index contributed by atoms with van der Waals surface area (Å²) < 4.78 is 0. The standard InChI is InChI=1S/C27H24N4O2/c1-20(21-10-4-2-5-11-21)30(27(28)22-16-18-24(19-17-22)31(32)33)26-15-9-8-14-25(26)29-23-12-6-3-7-13-23/h2-20,28-29H,1H3. The first-order valence-corrected chi connectivity index (χ1v) is 10.6. The predicted octanol–water partition coefficient (Wildman–Crippen LogP) is 6.93. The molecular formula is C27H24N4O2. The second kappa shape index (κ2) is 9.78. The quantitative estimate of drug-likeness (QED) is 0.142. The van der Waals surface area contributed by atoms with Crippen molar-refractivity contribution in [2.24, 2.45) is 0 Å². The zero-order chi connectivity index (χ0) is 23.2. The number of nitro groups is 1. The molecule has 4 rings (SSSR count). The van der Waals surface area contributed by atoms with Crippen LogP contribution in [0.3, 0.4) is 0 Å². The summed E-state index contributed by atoms with van der Waals surface area (Å²) in [5.41, 5.74) is 4.29. The number of hydrogen-bond acceptors (Lipinski definition) is 4. The van der Waals surface area contributed by atoms with E-state index < -0.39 is 4.92 Å². The topological polar surface area (TPSA) is 82.3 Å². The number of rotatable bonds is 7. The van der Waals surface area contributed by atoms with E-state index in [9.17, 15) is 10.1 Å². The lowest BCUT2D eigenvalue weighted by Gasteiger charge is -2.33. The lowest BCUT2D eigenvalue weighted by Crippen LogP contribution is -2.34. The molecule has 0 amide bonds. The van der Waals surface area contributed by atoms with Crippen LogP contribution in [0.1, 0.15) is 24.1 Å². The van der Waals surface area contributed by atoms with Gasteiger partial charge in [0.1, 0.15) is 5.84 Å². The third-order valence-electron chi connectivity index (χ3n) is 5.48. The zero-order valence-electron chi connectivity index (χ0n) is 18.2. The van der Waals surface area contributed by atoms with Crippen molar-refractivity contribution in [3.05, 3.63) is 130 Å². The van der Waals surface area contributed by atoms with Crippen molar-refractivity contribution in [3.8, 4) is 0 Å². The van der Waals surface area contributed by atoms with Crippen LogP contribution >= 0.6 is 0 Å². The monoisotopic (exact) mass is 436 g/mol. The first-order valence-electron chi connectivity index (χ1n) is 10.6. The molecule has 33 heavy (non-hydrogen) atoms. The van der Waals surface area contributed by atoms with E-state index in [2.05, 4.69) is 12.2 Å². The highest BCUT2D eigenvalue weighted by molar-refractivity contribution is 6.10. The lowest BCUT2D eigenvalue weighted by atomic mass is 10.0. The minimum Gasteiger partial charge on any atom is -0.354 e. The zero-order valence-corrected chi connectivity index (χ0v) is 18.2. The van der Waals surface area contributed by atoms with Crippen molar-refractivity contribution in [1.82, 2.24) is 0 Å². The van der Waals surface area contributed by atoms with Crippen molar-refractivity contribution >= 4 is 28.6 Å². The van der Waals surface area contributed by atoms with Gasteiger partial charge in [-0.05, 0) is 48.9 Å². The van der Waals surface area contributed by atoms with E-state index in [1.165, 1.54) is 12.1 Å². The number of hydrogen-bond donors (Lipinski definition) is 2. The smallest absolute Gasteiger partial charge is 0.269 e. The van der Waals surface area contributed by atoms with Gasteiger partial charge in [-0.3, -0.25) is 15.5 Å². The molecule has 0 aliphatic carbocycles. The fourth-order valence-corrected chi connectivity index (χ4v) is 3.75. The SMILES string of the molecule is CC(c1ccccc1)N(C(=N)c1ccc([N+](=O)[O-])cc1)c1ccccc1Nc1ccccc1. The molecule has 2 N–H and O–H groups in total. The van der Waals surface area contributed by atoms with E-state index in [-0.39, 0.29) is 17.6 Å². The van der Waals surface area contributed by atoms with E-state index in [1.807, 2.05) is 89.8 Å². The highest BCUT2D eigenvalue weighted by atomic mass is 16.6. The Morgan fingerprint density at radius 1 is 0.848 bits per heavy atom. The van der Waals surface area contributed by atoms with Gasteiger partial charge in [0, 0.05) is 23.4 Å². The first kappa shape index (κ1) is 21.8. The van der Waals surface area contributed by atoms with Crippen LogP contribution < -0.4 is 10.2 Å². The van der Waals surface area contributed by atoms with Crippen LogP contribution in [0.5, 0.6) is 0 Å². The molecule has 1 unspecified atom stereocenters. The summed E-state index contributed by atoms with van der Waals surface area (Å²) in [5, 5.41) is 23.6. The number of non-ortho nitro benzene ring substituents is 1. The number of nitro benzene ring substituents is 1. The van der Waals surface area contributed by atoms with Gasteiger partial charge in [-0.2, -0.15) is 0 Å². The van der Waals surface area contributed by atoms with Gasteiger partial charge >= 0.3 is 0 Å². The van der Waals surface area contributed by atoms with Gasteiger partial charge < -0.3 is 10.2 Å². The molecule has 0 fully saturated rings. The van der Waals surface area contributed by atoms with Crippen molar-refractivity contribution in [1.29, 1.82) is 5.41 Å². The third kappa shape index (κ3) is 4.91. The molecule has 4 aromatic rings. The maximum Gasteiger partial charge on any atom is 0.269 e. The van der Waals surface area contributed by atoms with Crippen LogP contribution in [0, 0.1) is 15.5 Å².